The Balaban J connectivity index is 1.29. The Kier molecular flexibility index (Phi) is 3.69. The summed E-state index contributed by atoms with van der Waals surface area (Å²) >= 11 is 0. The maximum atomic E-state index is 12.7. The molecule has 1 N–H and O–H groups in total. The lowest BCUT2D eigenvalue weighted by Crippen LogP contribution is -2.42. The van der Waals surface area contributed by atoms with Crippen molar-refractivity contribution in [3.8, 4) is 5.75 Å². The van der Waals surface area contributed by atoms with Crippen LogP contribution in [0.2, 0.25) is 0 Å². The second-order valence-corrected chi connectivity index (χ2v) is 7.19. The van der Waals surface area contributed by atoms with Gasteiger partial charge in [-0.15, -0.1) is 0 Å². The number of benzene rings is 1. The van der Waals surface area contributed by atoms with Gasteiger partial charge in [-0.05, 0) is 31.0 Å². The maximum Gasteiger partial charge on any atom is 0.293 e. The topological polar surface area (TPSA) is 63.1 Å². The highest BCUT2D eigenvalue weighted by atomic mass is 16.5. The number of aromatic nitrogens is 3. The molecule has 26 heavy (non-hydrogen) atoms. The van der Waals surface area contributed by atoms with Gasteiger partial charge in [0, 0.05) is 61.5 Å². The van der Waals surface area contributed by atoms with Crippen LogP contribution in [-0.4, -0.2) is 33.7 Å². The molecule has 1 saturated carbocycles. The van der Waals surface area contributed by atoms with Crippen LogP contribution in [-0.2, 0) is 0 Å². The Morgan fingerprint density at radius 1 is 1.12 bits per heavy atom. The van der Waals surface area contributed by atoms with Crippen molar-refractivity contribution in [2.45, 2.75) is 37.8 Å². The molecule has 2 fully saturated rings. The molecule has 3 aromatic rings. The van der Waals surface area contributed by atoms with E-state index in [9.17, 15) is 4.79 Å². The number of hydrogen-bond donors (Lipinski definition) is 1. The van der Waals surface area contributed by atoms with Gasteiger partial charge in [0.2, 0.25) is 0 Å². The highest BCUT2D eigenvalue weighted by molar-refractivity contribution is 5.85. The highest BCUT2D eigenvalue weighted by Crippen LogP contribution is 2.33. The van der Waals surface area contributed by atoms with Gasteiger partial charge in [0.1, 0.15) is 11.9 Å². The number of fused-ring (bicyclic) bond motifs is 1. The van der Waals surface area contributed by atoms with Crippen molar-refractivity contribution >= 4 is 16.7 Å². The van der Waals surface area contributed by atoms with Gasteiger partial charge in [0.05, 0.1) is 0 Å². The van der Waals surface area contributed by atoms with E-state index < -0.39 is 0 Å². The van der Waals surface area contributed by atoms with Crippen LogP contribution in [0.1, 0.15) is 31.7 Å². The first-order valence-electron chi connectivity index (χ1n) is 9.34. The quantitative estimate of drug-likeness (QED) is 0.785. The summed E-state index contributed by atoms with van der Waals surface area (Å²) in [6, 6.07) is 8.52. The van der Waals surface area contributed by atoms with Crippen molar-refractivity contribution < 1.29 is 4.74 Å². The number of aromatic amines is 1. The van der Waals surface area contributed by atoms with Gasteiger partial charge in [-0.25, -0.2) is 4.98 Å². The molecule has 1 aliphatic carbocycles. The van der Waals surface area contributed by atoms with Crippen molar-refractivity contribution in [3.63, 3.8) is 0 Å². The van der Waals surface area contributed by atoms with Crippen LogP contribution >= 0.6 is 0 Å². The van der Waals surface area contributed by atoms with E-state index in [0.717, 1.165) is 55.4 Å². The minimum absolute atomic E-state index is 0.0476. The molecular formula is C20H22N4O2. The zero-order valence-corrected chi connectivity index (χ0v) is 14.6. The SMILES string of the molecule is O=c1c(N2CCC(Oc3cccc4[nH]ccc34)CC2)nccn1C1CC1. The predicted molar refractivity (Wildman–Crippen MR) is 101 cm³/mol. The molecule has 1 saturated heterocycles. The molecular weight excluding hydrogens is 328 g/mol. The van der Waals surface area contributed by atoms with Gasteiger partial charge in [-0.2, -0.15) is 0 Å². The van der Waals surface area contributed by atoms with Gasteiger partial charge in [0.25, 0.3) is 5.56 Å². The zero-order valence-electron chi connectivity index (χ0n) is 14.6. The summed E-state index contributed by atoms with van der Waals surface area (Å²) in [4.78, 5) is 22.4. The van der Waals surface area contributed by atoms with E-state index in [2.05, 4.69) is 20.9 Å². The van der Waals surface area contributed by atoms with Crippen molar-refractivity contribution in [3.05, 3.63) is 53.2 Å². The van der Waals surface area contributed by atoms with Crippen molar-refractivity contribution in [1.82, 2.24) is 14.5 Å². The minimum Gasteiger partial charge on any atom is -0.490 e. The van der Waals surface area contributed by atoms with Crippen LogP contribution in [0.25, 0.3) is 10.9 Å². The molecule has 2 aliphatic rings. The van der Waals surface area contributed by atoms with E-state index in [4.69, 9.17) is 4.74 Å². The molecule has 0 amide bonds. The third-order valence-electron chi connectivity index (χ3n) is 5.38. The van der Waals surface area contributed by atoms with Crippen molar-refractivity contribution in [1.29, 1.82) is 0 Å². The molecule has 1 aromatic carbocycles. The smallest absolute Gasteiger partial charge is 0.293 e. The van der Waals surface area contributed by atoms with Gasteiger partial charge in [-0.3, -0.25) is 4.79 Å². The molecule has 3 heterocycles. The van der Waals surface area contributed by atoms with Crippen molar-refractivity contribution in [2.24, 2.45) is 0 Å². The van der Waals surface area contributed by atoms with Gasteiger partial charge in [-0.1, -0.05) is 6.07 Å². The second kappa shape index (κ2) is 6.20. The molecule has 0 bridgehead atoms. The number of piperidine rings is 1. The normalized spacial score (nSPS) is 18.4. The lowest BCUT2D eigenvalue weighted by Gasteiger charge is -2.32. The van der Waals surface area contributed by atoms with E-state index in [0.29, 0.717) is 11.9 Å². The lowest BCUT2D eigenvalue weighted by molar-refractivity contribution is 0.173. The molecule has 6 heteroatoms. The minimum atomic E-state index is 0.0476. The molecule has 0 radical (unpaired) electrons. The number of nitrogens with one attached hydrogen (secondary N) is 1. The van der Waals surface area contributed by atoms with E-state index in [1.165, 1.54) is 0 Å². The number of anilines is 1. The molecule has 1 aliphatic heterocycles. The molecule has 2 aromatic heterocycles. The Hall–Kier alpha value is -2.76. The van der Waals surface area contributed by atoms with Crippen LogP contribution in [0.4, 0.5) is 5.82 Å². The summed E-state index contributed by atoms with van der Waals surface area (Å²) in [6.45, 7) is 1.59. The molecule has 134 valence electrons. The van der Waals surface area contributed by atoms with E-state index in [1.54, 1.807) is 6.20 Å². The summed E-state index contributed by atoms with van der Waals surface area (Å²) in [7, 11) is 0. The first-order valence-corrected chi connectivity index (χ1v) is 9.34. The fraction of sp³-hybridized carbons (Fsp3) is 0.400. The Bertz CT molecular complexity index is 981. The van der Waals surface area contributed by atoms with Crippen molar-refractivity contribution in [2.75, 3.05) is 18.0 Å². The average Bonchev–Trinajstić information content (AvgIpc) is 3.39. The number of H-pyrrole nitrogens is 1. The lowest BCUT2D eigenvalue weighted by atomic mass is 10.1. The van der Waals surface area contributed by atoms with E-state index in [-0.39, 0.29) is 11.7 Å². The highest BCUT2D eigenvalue weighted by Gasteiger charge is 2.28. The van der Waals surface area contributed by atoms with E-state index in [1.807, 2.05) is 35.2 Å². The maximum absolute atomic E-state index is 12.7. The van der Waals surface area contributed by atoms with Crippen LogP contribution in [0.5, 0.6) is 5.75 Å². The number of hydrogen-bond acceptors (Lipinski definition) is 4. The first-order chi connectivity index (χ1) is 12.8. The number of ether oxygens (including phenoxy) is 1. The third kappa shape index (κ3) is 2.75. The zero-order chi connectivity index (χ0) is 17.5. The van der Waals surface area contributed by atoms with Gasteiger partial charge >= 0.3 is 0 Å². The monoisotopic (exact) mass is 350 g/mol. The fourth-order valence-electron chi connectivity index (χ4n) is 3.80. The Morgan fingerprint density at radius 3 is 2.77 bits per heavy atom. The van der Waals surface area contributed by atoms with E-state index >= 15 is 0 Å². The Morgan fingerprint density at radius 2 is 1.96 bits per heavy atom. The Labute approximate surface area is 151 Å². The molecule has 0 unspecified atom stereocenters. The average molecular weight is 350 g/mol. The molecule has 0 spiro atoms. The number of nitrogens with zero attached hydrogens (tertiary/aromatic N) is 3. The van der Waals surface area contributed by atoms with Crippen LogP contribution in [0.15, 0.2) is 47.7 Å². The van der Waals surface area contributed by atoms with Gasteiger partial charge in [0.15, 0.2) is 5.82 Å². The largest absolute Gasteiger partial charge is 0.490 e. The summed E-state index contributed by atoms with van der Waals surface area (Å²) in [5.74, 6) is 1.52. The molecule has 6 nitrogen and oxygen atoms in total. The molecule has 5 rings (SSSR count). The standard InChI is InChI=1S/C20H22N4O2/c25-20-19(22-10-13-24(20)14-4-5-14)23-11-7-15(8-12-23)26-18-3-1-2-17-16(18)6-9-21-17/h1-3,6,9-10,13-15,21H,4-5,7-8,11-12H2. The third-order valence-corrected chi connectivity index (χ3v) is 5.38. The summed E-state index contributed by atoms with van der Waals surface area (Å²) in [5.41, 5.74) is 1.14. The summed E-state index contributed by atoms with van der Waals surface area (Å²) in [6.07, 6.45) is 9.66. The van der Waals surface area contributed by atoms with Gasteiger partial charge < -0.3 is 19.2 Å². The fourth-order valence-corrected chi connectivity index (χ4v) is 3.80. The first kappa shape index (κ1) is 15.5. The summed E-state index contributed by atoms with van der Waals surface area (Å²) < 4.78 is 8.11. The van der Waals surface area contributed by atoms with Crippen LogP contribution in [0, 0.1) is 0 Å². The number of rotatable bonds is 4. The second-order valence-electron chi connectivity index (χ2n) is 7.19. The van der Waals surface area contributed by atoms with Crippen LogP contribution < -0.4 is 15.2 Å². The summed E-state index contributed by atoms with van der Waals surface area (Å²) in [5, 5.41) is 1.12. The van der Waals surface area contributed by atoms with Crippen LogP contribution in [0.3, 0.4) is 0 Å². The predicted octanol–water partition coefficient (Wildman–Crippen LogP) is 3.11. The molecule has 0 atom stereocenters.